The van der Waals surface area contributed by atoms with Crippen LogP contribution < -0.4 is 0 Å². The molecule has 2 atom stereocenters. The first-order valence-electron chi connectivity index (χ1n) is 11.1. The zero-order valence-corrected chi connectivity index (χ0v) is 19.9. The molecule has 0 aliphatic heterocycles. The van der Waals surface area contributed by atoms with E-state index in [9.17, 15) is 9.90 Å². The zero-order valence-electron chi connectivity index (χ0n) is 19.1. The molecule has 5 heteroatoms. The van der Waals surface area contributed by atoms with Crippen molar-refractivity contribution >= 4 is 23.1 Å². The number of rotatable bonds is 6. The van der Waals surface area contributed by atoms with Crippen LogP contribution in [0.25, 0.3) is 0 Å². The monoisotopic (exact) mass is 431 g/mol. The van der Waals surface area contributed by atoms with Gasteiger partial charge in [0, 0.05) is 17.9 Å². The number of oxime groups is 1. The van der Waals surface area contributed by atoms with Crippen molar-refractivity contribution in [3.63, 3.8) is 0 Å². The lowest BCUT2D eigenvalue weighted by Gasteiger charge is -2.28. The van der Waals surface area contributed by atoms with Gasteiger partial charge in [0.1, 0.15) is 12.4 Å². The van der Waals surface area contributed by atoms with Crippen LogP contribution in [0.2, 0.25) is 5.02 Å². The summed E-state index contributed by atoms with van der Waals surface area (Å²) in [6, 6.07) is 0. The average Bonchev–Trinajstić information content (AvgIpc) is 3.07. The molecule has 1 aromatic carbocycles. The number of allylic oxidation sites excluding steroid dienone is 2. The van der Waals surface area contributed by atoms with E-state index in [4.69, 9.17) is 16.4 Å². The van der Waals surface area contributed by atoms with E-state index >= 15 is 0 Å². The predicted octanol–water partition coefficient (Wildman–Crippen LogP) is 6.53. The van der Waals surface area contributed by atoms with E-state index in [1.165, 1.54) is 16.7 Å². The molecule has 2 unspecified atom stereocenters. The van der Waals surface area contributed by atoms with Gasteiger partial charge in [-0.3, -0.25) is 4.79 Å². The van der Waals surface area contributed by atoms with Crippen LogP contribution in [0.5, 0.6) is 0 Å². The Morgan fingerprint density at radius 3 is 2.33 bits per heavy atom. The molecule has 3 rings (SSSR count). The molecule has 4 nitrogen and oxygen atoms in total. The Labute approximate surface area is 185 Å². The lowest BCUT2D eigenvalue weighted by atomic mass is 9.77. The van der Waals surface area contributed by atoms with Crippen molar-refractivity contribution in [3.05, 3.63) is 44.2 Å². The molecule has 0 spiro atoms. The summed E-state index contributed by atoms with van der Waals surface area (Å²) in [5.74, 6) is -0.101. The van der Waals surface area contributed by atoms with E-state index in [2.05, 4.69) is 32.9 Å². The van der Waals surface area contributed by atoms with Gasteiger partial charge in [0.05, 0.1) is 11.3 Å². The summed E-state index contributed by atoms with van der Waals surface area (Å²) in [6.45, 7) is 13.0. The highest BCUT2D eigenvalue weighted by atomic mass is 35.5. The van der Waals surface area contributed by atoms with E-state index in [0.717, 1.165) is 35.4 Å². The summed E-state index contributed by atoms with van der Waals surface area (Å²) >= 11 is 6.89. The summed E-state index contributed by atoms with van der Waals surface area (Å²) < 4.78 is 0. The minimum Gasteiger partial charge on any atom is -0.511 e. The highest BCUT2D eigenvalue weighted by Gasteiger charge is 2.38. The Balaban J connectivity index is 2.03. The number of hydrogen-bond donors (Lipinski definition) is 1. The number of benzene rings is 1. The SMILES string of the molecule is CCO/N=C(/CC)C1=C(O)CC(c2c(C)c3c(c(C)c2Cl)CC(C)(CC)C3)CC1=O. The van der Waals surface area contributed by atoms with Crippen LogP contribution in [-0.4, -0.2) is 23.2 Å². The molecule has 164 valence electrons. The standard InChI is InChI=1S/C25H34ClNO3/c1-7-19(27-30-9-3)23-20(28)10-16(11-21(23)29)22-14(4)17-12-25(6,8-2)13-18(17)15(5)24(22)26/h16,28H,7-13H2,1-6H3/b27-19-. The van der Waals surface area contributed by atoms with Crippen LogP contribution >= 0.6 is 11.6 Å². The first kappa shape index (κ1) is 22.9. The molecule has 0 heterocycles. The fourth-order valence-corrected chi connectivity index (χ4v) is 5.51. The molecule has 30 heavy (non-hydrogen) atoms. The normalized spacial score (nSPS) is 24.4. The number of hydrogen-bond acceptors (Lipinski definition) is 4. The van der Waals surface area contributed by atoms with Gasteiger partial charge >= 0.3 is 0 Å². The van der Waals surface area contributed by atoms with Gasteiger partial charge < -0.3 is 9.94 Å². The topological polar surface area (TPSA) is 58.9 Å². The van der Waals surface area contributed by atoms with Gasteiger partial charge in [-0.15, -0.1) is 0 Å². The maximum Gasteiger partial charge on any atom is 0.168 e. The molecule has 0 bridgehead atoms. The number of carbonyl (C=O) groups excluding carboxylic acids is 1. The van der Waals surface area contributed by atoms with E-state index in [1.807, 2.05) is 13.8 Å². The predicted molar refractivity (Wildman–Crippen MR) is 123 cm³/mol. The van der Waals surface area contributed by atoms with Crippen LogP contribution in [0.15, 0.2) is 16.5 Å². The van der Waals surface area contributed by atoms with Crippen molar-refractivity contribution < 1.29 is 14.7 Å². The molecular weight excluding hydrogens is 398 g/mol. The van der Waals surface area contributed by atoms with Gasteiger partial charge in [0.25, 0.3) is 0 Å². The Morgan fingerprint density at radius 1 is 1.17 bits per heavy atom. The van der Waals surface area contributed by atoms with Gasteiger partial charge in [-0.1, -0.05) is 43.9 Å². The summed E-state index contributed by atoms with van der Waals surface area (Å²) in [6.07, 6.45) is 4.48. The first-order chi connectivity index (χ1) is 14.2. The van der Waals surface area contributed by atoms with Crippen molar-refractivity contribution in [2.45, 2.75) is 86.0 Å². The van der Waals surface area contributed by atoms with Crippen LogP contribution in [0.3, 0.4) is 0 Å². The molecule has 0 saturated carbocycles. The summed E-state index contributed by atoms with van der Waals surface area (Å²) in [5.41, 5.74) is 7.26. The second-order valence-corrected chi connectivity index (χ2v) is 9.49. The maximum atomic E-state index is 13.0. The number of ketones is 1. The van der Waals surface area contributed by atoms with Crippen molar-refractivity contribution in [1.29, 1.82) is 0 Å². The second-order valence-electron chi connectivity index (χ2n) is 9.11. The van der Waals surface area contributed by atoms with Crippen molar-refractivity contribution in [2.75, 3.05) is 6.61 Å². The summed E-state index contributed by atoms with van der Waals surface area (Å²) in [5, 5.41) is 15.6. The molecule has 2 aliphatic carbocycles. The number of nitrogens with zero attached hydrogens (tertiary/aromatic N) is 1. The van der Waals surface area contributed by atoms with Crippen LogP contribution in [0.4, 0.5) is 0 Å². The second kappa shape index (κ2) is 8.74. The fraction of sp³-hybridized carbons (Fsp3) is 0.600. The third-order valence-corrected chi connectivity index (χ3v) is 7.56. The van der Waals surface area contributed by atoms with E-state index in [1.54, 1.807) is 0 Å². The molecule has 1 aromatic rings. The van der Waals surface area contributed by atoms with Crippen molar-refractivity contribution in [3.8, 4) is 0 Å². The van der Waals surface area contributed by atoms with E-state index in [0.29, 0.717) is 37.2 Å². The molecule has 1 N–H and O–H groups in total. The Morgan fingerprint density at radius 2 is 1.80 bits per heavy atom. The van der Waals surface area contributed by atoms with Crippen LogP contribution in [0.1, 0.15) is 87.1 Å². The Bertz CT molecular complexity index is 931. The number of halogens is 1. The molecule has 0 amide bonds. The Hall–Kier alpha value is -1.81. The van der Waals surface area contributed by atoms with Gasteiger partial charge in [-0.2, -0.15) is 0 Å². The molecule has 0 radical (unpaired) electrons. The number of aliphatic hydroxyl groups excluding tert-OH is 1. The molecular formula is C25H34ClNO3. The third-order valence-electron chi connectivity index (χ3n) is 7.07. The summed E-state index contributed by atoms with van der Waals surface area (Å²) in [4.78, 5) is 18.2. The number of carbonyl (C=O) groups is 1. The van der Waals surface area contributed by atoms with E-state index < -0.39 is 0 Å². The molecule has 0 fully saturated rings. The lowest BCUT2D eigenvalue weighted by molar-refractivity contribution is -0.116. The number of aliphatic hydroxyl groups is 1. The highest BCUT2D eigenvalue weighted by Crippen LogP contribution is 2.48. The van der Waals surface area contributed by atoms with Gasteiger partial charge in [-0.05, 0) is 79.2 Å². The largest absolute Gasteiger partial charge is 0.511 e. The average molecular weight is 432 g/mol. The van der Waals surface area contributed by atoms with Crippen molar-refractivity contribution in [1.82, 2.24) is 0 Å². The molecule has 0 aromatic heterocycles. The minimum absolute atomic E-state index is 0.0870. The van der Waals surface area contributed by atoms with Gasteiger partial charge in [-0.25, -0.2) is 0 Å². The zero-order chi connectivity index (χ0) is 22.2. The number of Topliss-reactive ketones (excluding diaryl/α,β-unsaturated/α-hetero) is 1. The first-order valence-corrected chi connectivity index (χ1v) is 11.5. The third kappa shape index (κ3) is 3.91. The molecule has 0 saturated heterocycles. The highest BCUT2D eigenvalue weighted by molar-refractivity contribution is 6.32. The maximum absolute atomic E-state index is 13.0. The van der Waals surface area contributed by atoms with Crippen LogP contribution in [0, 0.1) is 19.3 Å². The van der Waals surface area contributed by atoms with Gasteiger partial charge in [0.2, 0.25) is 0 Å². The Kier molecular flexibility index (Phi) is 6.66. The lowest BCUT2D eigenvalue weighted by Crippen LogP contribution is -2.24. The number of fused-ring (bicyclic) bond motifs is 1. The smallest absolute Gasteiger partial charge is 0.168 e. The fourth-order valence-electron chi connectivity index (χ4n) is 5.10. The molecule has 2 aliphatic rings. The van der Waals surface area contributed by atoms with Crippen LogP contribution in [-0.2, 0) is 22.5 Å². The quantitative estimate of drug-likeness (QED) is 0.411. The minimum atomic E-state index is -0.114. The summed E-state index contributed by atoms with van der Waals surface area (Å²) in [7, 11) is 0. The van der Waals surface area contributed by atoms with E-state index in [-0.39, 0.29) is 22.9 Å². The van der Waals surface area contributed by atoms with Gasteiger partial charge in [0.15, 0.2) is 5.78 Å². The van der Waals surface area contributed by atoms with Crippen molar-refractivity contribution in [2.24, 2.45) is 10.6 Å².